The fourth-order valence-corrected chi connectivity index (χ4v) is 3.90. The molecular formula is C18H16FNO2S. The van der Waals surface area contributed by atoms with E-state index in [0.717, 1.165) is 10.9 Å². The van der Waals surface area contributed by atoms with Crippen LogP contribution in [0.25, 0.3) is 16.6 Å². The van der Waals surface area contributed by atoms with E-state index in [9.17, 15) is 12.8 Å². The van der Waals surface area contributed by atoms with Crippen LogP contribution in [0.5, 0.6) is 0 Å². The van der Waals surface area contributed by atoms with Crippen LogP contribution in [0.2, 0.25) is 0 Å². The van der Waals surface area contributed by atoms with Gasteiger partial charge in [-0.05, 0) is 36.8 Å². The van der Waals surface area contributed by atoms with Crippen molar-refractivity contribution in [3.05, 3.63) is 72.6 Å². The van der Waals surface area contributed by atoms with Gasteiger partial charge in [0.05, 0.1) is 17.0 Å². The molecule has 0 amide bonds. The van der Waals surface area contributed by atoms with E-state index < -0.39 is 15.7 Å². The molecule has 0 saturated carbocycles. The van der Waals surface area contributed by atoms with Gasteiger partial charge in [-0.2, -0.15) is 0 Å². The maximum atomic E-state index is 14.5. The van der Waals surface area contributed by atoms with E-state index in [4.69, 9.17) is 0 Å². The van der Waals surface area contributed by atoms with Gasteiger partial charge >= 0.3 is 0 Å². The Hall–Kier alpha value is -2.40. The molecule has 0 fully saturated rings. The molecule has 3 nitrogen and oxygen atoms in total. The Morgan fingerprint density at radius 1 is 1.17 bits per heavy atom. The maximum Gasteiger partial charge on any atom is 0.197 e. The first-order valence-corrected chi connectivity index (χ1v) is 8.80. The second-order valence-corrected chi connectivity index (χ2v) is 7.38. The summed E-state index contributed by atoms with van der Waals surface area (Å²) < 4.78 is 41.0. The predicted octanol–water partition coefficient (Wildman–Crippen LogP) is 4.04. The lowest BCUT2D eigenvalue weighted by atomic mass is 10.2. The van der Waals surface area contributed by atoms with Crippen molar-refractivity contribution in [1.29, 1.82) is 0 Å². The monoisotopic (exact) mass is 329 g/mol. The van der Waals surface area contributed by atoms with Gasteiger partial charge < -0.3 is 0 Å². The Labute approximate surface area is 134 Å². The third kappa shape index (κ3) is 2.68. The van der Waals surface area contributed by atoms with Crippen molar-refractivity contribution < 1.29 is 12.8 Å². The summed E-state index contributed by atoms with van der Waals surface area (Å²) in [7, 11) is -3.60. The number of rotatable bonds is 4. The van der Waals surface area contributed by atoms with Gasteiger partial charge in [0.15, 0.2) is 9.84 Å². The van der Waals surface area contributed by atoms with Crippen molar-refractivity contribution in [1.82, 2.24) is 4.57 Å². The first-order chi connectivity index (χ1) is 10.9. The summed E-state index contributed by atoms with van der Waals surface area (Å²) in [6.07, 6.45) is 1.34. The molecule has 0 unspecified atom stereocenters. The Morgan fingerprint density at radius 3 is 2.61 bits per heavy atom. The second kappa shape index (κ2) is 5.66. The van der Waals surface area contributed by atoms with Crippen molar-refractivity contribution in [3.8, 4) is 5.69 Å². The number of sulfone groups is 1. The Morgan fingerprint density at radius 2 is 1.91 bits per heavy atom. The molecule has 0 bridgehead atoms. The summed E-state index contributed by atoms with van der Waals surface area (Å²) in [5, 5.41) is 0.816. The molecule has 1 heterocycles. The highest BCUT2D eigenvalue weighted by atomic mass is 32.2. The lowest BCUT2D eigenvalue weighted by Crippen LogP contribution is -2.11. The molecule has 0 radical (unpaired) electrons. The van der Waals surface area contributed by atoms with Crippen LogP contribution in [0.4, 0.5) is 4.39 Å². The SMILES string of the molecule is C=CCS(=O)(=O)c1cc2ccccc2n1-c1ccc(C)cc1F. The molecule has 3 aromatic rings. The summed E-state index contributed by atoms with van der Waals surface area (Å²) >= 11 is 0. The second-order valence-electron chi connectivity index (χ2n) is 5.40. The molecule has 0 aliphatic rings. The van der Waals surface area contributed by atoms with Gasteiger partial charge in [-0.25, -0.2) is 12.8 Å². The number of halogens is 1. The number of para-hydroxylation sites is 1. The first kappa shape index (κ1) is 15.5. The van der Waals surface area contributed by atoms with Crippen molar-refractivity contribution in [3.63, 3.8) is 0 Å². The van der Waals surface area contributed by atoms with Crippen molar-refractivity contribution >= 4 is 20.7 Å². The molecule has 0 N–H and O–H groups in total. The Kier molecular flexibility index (Phi) is 3.82. The molecule has 0 spiro atoms. The lowest BCUT2D eigenvalue weighted by Gasteiger charge is -2.12. The molecule has 0 aliphatic carbocycles. The number of aryl methyl sites for hydroxylation is 1. The molecule has 3 rings (SSSR count). The van der Waals surface area contributed by atoms with Crippen LogP contribution in [0.3, 0.4) is 0 Å². The standard InChI is InChI=1S/C18H16FNO2S/c1-3-10-23(21,22)18-12-14-6-4-5-7-16(14)20(18)17-9-8-13(2)11-15(17)19/h3-9,11-12H,1,10H2,2H3. The quantitative estimate of drug-likeness (QED) is 0.678. The van der Waals surface area contributed by atoms with Gasteiger partial charge in [0, 0.05) is 5.39 Å². The highest BCUT2D eigenvalue weighted by Crippen LogP contribution is 2.29. The number of benzene rings is 2. The van der Waals surface area contributed by atoms with E-state index in [1.54, 1.807) is 37.3 Å². The minimum Gasteiger partial charge on any atom is -0.297 e. The Bertz CT molecular complexity index is 1000. The van der Waals surface area contributed by atoms with E-state index in [0.29, 0.717) is 5.52 Å². The molecule has 0 aliphatic heterocycles. The zero-order valence-electron chi connectivity index (χ0n) is 12.7. The molecule has 0 saturated heterocycles. The molecule has 1 aromatic heterocycles. The van der Waals surface area contributed by atoms with Crippen LogP contribution >= 0.6 is 0 Å². The van der Waals surface area contributed by atoms with Crippen LogP contribution in [-0.2, 0) is 9.84 Å². The average Bonchev–Trinajstić information content (AvgIpc) is 2.88. The number of aromatic nitrogens is 1. The van der Waals surface area contributed by atoms with E-state index in [1.807, 2.05) is 12.1 Å². The van der Waals surface area contributed by atoms with Gasteiger partial charge in [-0.1, -0.05) is 30.3 Å². The number of fused-ring (bicyclic) bond motifs is 1. The topological polar surface area (TPSA) is 39.1 Å². The highest BCUT2D eigenvalue weighted by Gasteiger charge is 2.22. The summed E-state index contributed by atoms with van der Waals surface area (Å²) in [6.45, 7) is 5.28. The van der Waals surface area contributed by atoms with Gasteiger partial charge in [-0.15, -0.1) is 6.58 Å². The molecule has 118 valence electrons. The average molecular weight is 329 g/mol. The smallest absolute Gasteiger partial charge is 0.197 e. The molecular weight excluding hydrogens is 313 g/mol. The fourth-order valence-electron chi connectivity index (χ4n) is 2.64. The normalized spacial score (nSPS) is 11.7. The van der Waals surface area contributed by atoms with Gasteiger partial charge in [-0.3, -0.25) is 4.57 Å². The van der Waals surface area contributed by atoms with E-state index in [2.05, 4.69) is 6.58 Å². The third-order valence-corrected chi connectivity index (χ3v) is 5.29. The van der Waals surface area contributed by atoms with Crippen LogP contribution in [-0.4, -0.2) is 18.7 Å². The van der Waals surface area contributed by atoms with E-state index in [1.165, 1.54) is 16.7 Å². The molecule has 2 aromatic carbocycles. The first-order valence-electron chi connectivity index (χ1n) is 7.15. The molecule has 23 heavy (non-hydrogen) atoms. The summed E-state index contributed by atoms with van der Waals surface area (Å²) in [5.74, 6) is -0.655. The zero-order chi connectivity index (χ0) is 16.6. The minimum absolute atomic E-state index is 0.0707. The van der Waals surface area contributed by atoms with Crippen LogP contribution in [0, 0.1) is 12.7 Å². The summed E-state index contributed by atoms with van der Waals surface area (Å²) in [5.41, 5.74) is 1.65. The van der Waals surface area contributed by atoms with Crippen LogP contribution < -0.4 is 0 Å². The van der Waals surface area contributed by atoms with Crippen molar-refractivity contribution in [2.45, 2.75) is 11.9 Å². The highest BCUT2D eigenvalue weighted by molar-refractivity contribution is 7.91. The Balaban J connectivity index is 2.40. The largest absolute Gasteiger partial charge is 0.297 e. The van der Waals surface area contributed by atoms with E-state index in [-0.39, 0.29) is 16.5 Å². The number of nitrogens with zero attached hydrogens (tertiary/aromatic N) is 1. The predicted molar refractivity (Wildman–Crippen MR) is 90.2 cm³/mol. The summed E-state index contributed by atoms with van der Waals surface area (Å²) in [4.78, 5) is 0. The lowest BCUT2D eigenvalue weighted by molar-refractivity contribution is 0.588. The number of hydrogen-bond donors (Lipinski definition) is 0. The summed E-state index contributed by atoms with van der Waals surface area (Å²) in [6, 6.07) is 13.5. The van der Waals surface area contributed by atoms with Gasteiger partial charge in [0.25, 0.3) is 0 Å². The van der Waals surface area contributed by atoms with Crippen molar-refractivity contribution in [2.24, 2.45) is 0 Å². The third-order valence-electron chi connectivity index (χ3n) is 3.68. The van der Waals surface area contributed by atoms with Crippen molar-refractivity contribution in [2.75, 3.05) is 5.75 Å². The van der Waals surface area contributed by atoms with Crippen LogP contribution in [0.15, 0.2) is 66.2 Å². The molecule has 0 atom stereocenters. The zero-order valence-corrected chi connectivity index (χ0v) is 13.5. The maximum absolute atomic E-state index is 14.5. The minimum atomic E-state index is -3.60. The number of hydrogen-bond acceptors (Lipinski definition) is 2. The van der Waals surface area contributed by atoms with Crippen LogP contribution in [0.1, 0.15) is 5.56 Å². The molecule has 5 heteroatoms. The van der Waals surface area contributed by atoms with Gasteiger partial charge in [0.1, 0.15) is 10.8 Å². The van der Waals surface area contributed by atoms with E-state index >= 15 is 0 Å². The fraction of sp³-hybridized carbons (Fsp3) is 0.111. The van der Waals surface area contributed by atoms with Gasteiger partial charge in [0.2, 0.25) is 0 Å².